The van der Waals surface area contributed by atoms with E-state index in [0.29, 0.717) is 18.6 Å². The van der Waals surface area contributed by atoms with Crippen molar-refractivity contribution in [3.05, 3.63) is 0 Å². The van der Waals surface area contributed by atoms with Crippen LogP contribution in [0.1, 0.15) is 51.9 Å². The summed E-state index contributed by atoms with van der Waals surface area (Å²) in [6, 6.07) is 1.20. The topological polar surface area (TPSA) is 53.2 Å². The van der Waals surface area contributed by atoms with Crippen molar-refractivity contribution in [1.29, 1.82) is 0 Å². The first kappa shape index (κ1) is 14.8. The van der Waals surface area contributed by atoms with Crippen LogP contribution in [-0.4, -0.2) is 37.6 Å². The fourth-order valence-electron chi connectivity index (χ4n) is 3.52. The van der Waals surface area contributed by atoms with E-state index in [2.05, 4.69) is 22.9 Å². The lowest BCUT2D eigenvalue weighted by Crippen LogP contribution is -2.49. The normalized spacial score (nSPS) is 31.3. The Balaban J connectivity index is 1.77. The lowest BCUT2D eigenvalue weighted by molar-refractivity contribution is -0.120. The molecule has 1 saturated heterocycles. The molecule has 4 nitrogen and oxygen atoms in total. The van der Waals surface area contributed by atoms with Gasteiger partial charge in [0.2, 0.25) is 5.91 Å². The minimum Gasteiger partial charge on any atom is -0.355 e. The molecule has 4 heteroatoms. The highest BCUT2D eigenvalue weighted by Gasteiger charge is 2.33. The summed E-state index contributed by atoms with van der Waals surface area (Å²) in [5.74, 6) is 0.862. The van der Waals surface area contributed by atoms with Gasteiger partial charge < -0.3 is 16.0 Å². The van der Waals surface area contributed by atoms with Crippen LogP contribution < -0.4 is 16.0 Å². The van der Waals surface area contributed by atoms with Crippen LogP contribution >= 0.6 is 0 Å². The standard InChI is InChI=1S/C15H29N3O/c1-2-9-17-15(19)11-18-14-7-4-3-6-12(14)13-8-5-10-16-13/h12-14,16,18H,2-11H2,1H3,(H,17,19). The second kappa shape index (κ2) is 7.85. The van der Waals surface area contributed by atoms with Gasteiger partial charge >= 0.3 is 0 Å². The molecule has 0 aromatic heterocycles. The number of amides is 1. The second-order valence-corrected chi connectivity index (χ2v) is 5.99. The molecule has 3 N–H and O–H groups in total. The van der Waals surface area contributed by atoms with E-state index >= 15 is 0 Å². The average Bonchev–Trinajstić information content (AvgIpc) is 2.97. The van der Waals surface area contributed by atoms with Crippen LogP contribution in [0.2, 0.25) is 0 Å². The van der Waals surface area contributed by atoms with E-state index in [4.69, 9.17) is 0 Å². The fourth-order valence-corrected chi connectivity index (χ4v) is 3.52. The Kier molecular flexibility index (Phi) is 6.11. The highest BCUT2D eigenvalue weighted by molar-refractivity contribution is 5.77. The maximum absolute atomic E-state index is 11.7. The van der Waals surface area contributed by atoms with E-state index in [1.54, 1.807) is 0 Å². The van der Waals surface area contributed by atoms with Gasteiger partial charge in [-0.2, -0.15) is 0 Å². The highest BCUT2D eigenvalue weighted by atomic mass is 16.1. The molecule has 2 fully saturated rings. The zero-order valence-corrected chi connectivity index (χ0v) is 12.2. The Morgan fingerprint density at radius 3 is 2.79 bits per heavy atom. The maximum Gasteiger partial charge on any atom is 0.233 e. The van der Waals surface area contributed by atoms with Crippen LogP contribution in [0.3, 0.4) is 0 Å². The Labute approximate surface area is 117 Å². The summed E-state index contributed by atoms with van der Waals surface area (Å²) >= 11 is 0. The number of carbonyl (C=O) groups is 1. The van der Waals surface area contributed by atoms with E-state index in [1.165, 1.54) is 45.1 Å². The molecule has 0 aromatic carbocycles. The summed E-state index contributed by atoms with van der Waals surface area (Å²) in [5.41, 5.74) is 0. The summed E-state index contributed by atoms with van der Waals surface area (Å²) in [6.07, 6.45) is 8.82. The van der Waals surface area contributed by atoms with Gasteiger partial charge in [-0.15, -0.1) is 0 Å². The Morgan fingerprint density at radius 1 is 1.21 bits per heavy atom. The van der Waals surface area contributed by atoms with Crippen molar-refractivity contribution in [3.63, 3.8) is 0 Å². The van der Waals surface area contributed by atoms with Crippen molar-refractivity contribution in [2.45, 2.75) is 64.0 Å². The highest BCUT2D eigenvalue weighted by Crippen LogP contribution is 2.30. The molecule has 0 aromatic rings. The van der Waals surface area contributed by atoms with Crippen LogP contribution in [0.15, 0.2) is 0 Å². The molecule has 1 aliphatic heterocycles. The summed E-state index contributed by atoms with van der Waals surface area (Å²) in [4.78, 5) is 11.7. The SMILES string of the molecule is CCCNC(=O)CNC1CCCCC1C1CCCN1. The molecule has 110 valence electrons. The minimum atomic E-state index is 0.144. The Hall–Kier alpha value is -0.610. The van der Waals surface area contributed by atoms with Crippen molar-refractivity contribution in [2.75, 3.05) is 19.6 Å². The molecule has 0 bridgehead atoms. The zero-order valence-electron chi connectivity index (χ0n) is 12.2. The van der Waals surface area contributed by atoms with E-state index in [0.717, 1.165) is 18.9 Å². The third kappa shape index (κ3) is 4.46. The third-order valence-corrected chi connectivity index (χ3v) is 4.53. The van der Waals surface area contributed by atoms with Gasteiger partial charge in [-0.3, -0.25) is 4.79 Å². The van der Waals surface area contributed by atoms with Gasteiger partial charge in [-0.1, -0.05) is 19.8 Å². The van der Waals surface area contributed by atoms with Crippen LogP contribution in [0.4, 0.5) is 0 Å². The molecule has 1 amide bonds. The summed E-state index contributed by atoms with van der Waals surface area (Å²) in [6.45, 7) is 4.52. The van der Waals surface area contributed by atoms with Crippen LogP contribution in [0, 0.1) is 5.92 Å². The van der Waals surface area contributed by atoms with Gasteiger partial charge in [0.1, 0.15) is 0 Å². The predicted molar refractivity (Wildman–Crippen MR) is 78.1 cm³/mol. The molecule has 19 heavy (non-hydrogen) atoms. The van der Waals surface area contributed by atoms with Gasteiger partial charge in [0.25, 0.3) is 0 Å². The molecule has 1 saturated carbocycles. The number of rotatable bonds is 6. The summed E-state index contributed by atoms with van der Waals surface area (Å²) in [7, 11) is 0. The number of nitrogens with one attached hydrogen (secondary N) is 3. The quantitative estimate of drug-likeness (QED) is 0.682. The monoisotopic (exact) mass is 267 g/mol. The van der Waals surface area contributed by atoms with Gasteiger partial charge in [-0.05, 0) is 44.6 Å². The second-order valence-electron chi connectivity index (χ2n) is 5.99. The van der Waals surface area contributed by atoms with Crippen molar-refractivity contribution in [1.82, 2.24) is 16.0 Å². The molecule has 0 radical (unpaired) electrons. The minimum absolute atomic E-state index is 0.144. The maximum atomic E-state index is 11.7. The predicted octanol–water partition coefficient (Wildman–Crippen LogP) is 1.41. The molecule has 3 unspecified atom stereocenters. The van der Waals surface area contributed by atoms with Gasteiger partial charge in [0, 0.05) is 18.6 Å². The van der Waals surface area contributed by atoms with Crippen molar-refractivity contribution < 1.29 is 4.79 Å². The van der Waals surface area contributed by atoms with E-state index in [1.807, 2.05) is 0 Å². The van der Waals surface area contributed by atoms with Crippen LogP contribution in [-0.2, 0) is 4.79 Å². The van der Waals surface area contributed by atoms with Crippen molar-refractivity contribution in [2.24, 2.45) is 5.92 Å². The number of hydrogen-bond acceptors (Lipinski definition) is 3. The summed E-state index contributed by atoms with van der Waals surface area (Å²) < 4.78 is 0. The molecular weight excluding hydrogens is 238 g/mol. The molecular formula is C15H29N3O. The number of carbonyl (C=O) groups excluding carboxylic acids is 1. The van der Waals surface area contributed by atoms with Crippen LogP contribution in [0.5, 0.6) is 0 Å². The van der Waals surface area contributed by atoms with Gasteiger partial charge in [0.15, 0.2) is 0 Å². The smallest absolute Gasteiger partial charge is 0.233 e. The third-order valence-electron chi connectivity index (χ3n) is 4.53. The van der Waals surface area contributed by atoms with E-state index in [-0.39, 0.29) is 5.91 Å². The Bertz CT molecular complexity index is 277. The summed E-state index contributed by atoms with van der Waals surface area (Å²) in [5, 5.41) is 10.1. The van der Waals surface area contributed by atoms with Gasteiger partial charge in [0.05, 0.1) is 6.54 Å². The molecule has 1 aliphatic carbocycles. The lowest BCUT2D eigenvalue weighted by Gasteiger charge is -2.36. The van der Waals surface area contributed by atoms with E-state index in [9.17, 15) is 4.79 Å². The molecule has 0 spiro atoms. The Morgan fingerprint density at radius 2 is 2.05 bits per heavy atom. The molecule has 2 aliphatic rings. The molecule has 1 heterocycles. The first-order valence-corrected chi connectivity index (χ1v) is 8.04. The fraction of sp³-hybridized carbons (Fsp3) is 0.933. The largest absolute Gasteiger partial charge is 0.355 e. The first-order valence-electron chi connectivity index (χ1n) is 8.04. The van der Waals surface area contributed by atoms with Crippen LogP contribution in [0.25, 0.3) is 0 Å². The molecule has 3 atom stereocenters. The van der Waals surface area contributed by atoms with Gasteiger partial charge in [-0.25, -0.2) is 0 Å². The van der Waals surface area contributed by atoms with E-state index < -0.39 is 0 Å². The average molecular weight is 267 g/mol. The number of hydrogen-bond donors (Lipinski definition) is 3. The van der Waals surface area contributed by atoms with Crippen molar-refractivity contribution in [3.8, 4) is 0 Å². The van der Waals surface area contributed by atoms with Crippen molar-refractivity contribution >= 4 is 5.91 Å². The lowest BCUT2D eigenvalue weighted by atomic mass is 9.79. The molecule has 2 rings (SSSR count). The zero-order chi connectivity index (χ0) is 13.5. The first-order chi connectivity index (χ1) is 9.31.